The number of nitrogens with zero attached hydrogens (tertiary/aromatic N) is 3. The number of carboxylic acids is 1. The van der Waals surface area contributed by atoms with E-state index in [0.717, 1.165) is 55.7 Å². The minimum Gasteiger partial charge on any atom is -0.481 e. The van der Waals surface area contributed by atoms with Crippen molar-refractivity contribution in [1.82, 2.24) is 15.1 Å². The Bertz CT molecular complexity index is 1020. The zero-order valence-corrected chi connectivity index (χ0v) is 18.3. The second kappa shape index (κ2) is 9.04. The van der Waals surface area contributed by atoms with Crippen molar-refractivity contribution in [3.63, 3.8) is 0 Å². The fourth-order valence-electron chi connectivity index (χ4n) is 4.55. The van der Waals surface area contributed by atoms with Crippen LogP contribution in [0, 0.1) is 12.3 Å². The predicted molar refractivity (Wildman–Crippen MR) is 118 cm³/mol. The van der Waals surface area contributed by atoms with Crippen LogP contribution in [-0.2, 0) is 30.5 Å². The second-order valence-corrected chi connectivity index (χ2v) is 8.84. The van der Waals surface area contributed by atoms with Gasteiger partial charge in [-0.3, -0.25) is 4.79 Å². The number of pyridine rings is 1. The molecule has 0 saturated carbocycles. The number of hydrogen-bond acceptors (Lipinski definition) is 6. The van der Waals surface area contributed by atoms with Crippen molar-refractivity contribution in [2.24, 2.45) is 5.41 Å². The van der Waals surface area contributed by atoms with Gasteiger partial charge in [-0.05, 0) is 50.2 Å². The van der Waals surface area contributed by atoms with E-state index in [9.17, 15) is 9.90 Å². The van der Waals surface area contributed by atoms with Crippen molar-refractivity contribution in [1.29, 1.82) is 0 Å². The van der Waals surface area contributed by atoms with Crippen LogP contribution in [0.3, 0.4) is 0 Å². The molecule has 4 rings (SSSR count). The van der Waals surface area contributed by atoms with Crippen LogP contribution in [-0.4, -0.2) is 32.7 Å². The number of allylic oxidation sites excluding steroid dienone is 4. The minimum absolute atomic E-state index is 0.0401. The number of aryl methyl sites for hydroxylation is 4. The highest BCUT2D eigenvalue weighted by molar-refractivity contribution is 5.68. The Balaban J connectivity index is 1.45. The van der Waals surface area contributed by atoms with Gasteiger partial charge in [0.25, 0.3) is 0 Å². The van der Waals surface area contributed by atoms with E-state index in [0.29, 0.717) is 24.6 Å². The van der Waals surface area contributed by atoms with Crippen molar-refractivity contribution in [3.8, 4) is 0 Å². The van der Waals surface area contributed by atoms with Crippen LogP contribution in [0.5, 0.6) is 0 Å². The van der Waals surface area contributed by atoms with Crippen LogP contribution < -0.4 is 5.32 Å². The number of anilines is 1. The highest BCUT2D eigenvalue weighted by atomic mass is 16.5. The molecule has 1 aliphatic carbocycles. The molecule has 2 N–H and O–H groups in total. The Hall–Kier alpha value is -2.96. The highest BCUT2D eigenvalue weighted by Crippen LogP contribution is 2.38. The lowest BCUT2D eigenvalue weighted by molar-refractivity contribution is -0.139. The summed E-state index contributed by atoms with van der Waals surface area (Å²) in [5.41, 5.74) is 4.11. The number of carboxylic acid groups (broad SMARTS) is 1. The molecule has 0 spiro atoms. The summed E-state index contributed by atoms with van der Waals surface area (Å²) in [5.74, 6) is 1.35. The maximum Gasteiger partial charge on any atom is 0.304 e. The zero-order chi connectivity index (χ0) is 21.8. The summed E-state index contributed by atoms with van der Waals surface area (Å²) in [6.07, 6.45) is 12.0. The Labute approximate surface area is 182 Å². The molecular formula is C24H30N4O3. The summed E-state index contributed by atoms with van der Waals surface area (Å²) in [4.78, 5) is 20.8. The van der Waals surface area contributed by atoms with E-state index in [2.05, 4.69) is 27.6 Å². The fraction of sp³-hybridized carbons (Fsp3) is 0.500. The van der Waals surface area contributed by atoms with Crippen LogP contribution in [0.2, 0.25) is 0 Å². The molecule has 1 aliphatic heterocycles. The number of aromatic nitrogens is 3. The largest absolute Gasteiger partial charge is 0.481 e. The van der Waals surface area contributed by atoms with Gasteiger partial charge in [0.1, 0.15) is 5.82 Å². The Morgan fingerprint density at radius 1 is 1.29 bits per heavy atom. The molecule has 31 heavy (non-hydrogen) atoms. The third-order valence-electron chi connectivity index (χ3n) is 6.31. The summed E-state index contributed by atoms with van der Waals surface area (Å²) in [5, 5.41) is 17.0. The van der Waals surface area contributed by atoms with Crippen LogP contribution >= 0.6 is 0 Å². The fourth-order valence-corrected chi connectivity index (χ4v) is 4.55. The maximum atomic E-state index is 11.5. The molecule has 0 aromatic carbocycles. The number of fused-ring (bicyclic) bond motifs is 1. The first-order chi connectivity index (χ1) is 14.9. The number of rotatable bonds is 8. The van der Waals surface area contributed by atoms with Crippen LogP contribution in [0.1, 0.15) is 61.1 Å². The van der Waals surface area contributed by atoms with E-state index in [1.165, 1.54) is 11.1 Å². The molecule has 2 aromatic heterocycles. The lowest BCUT2D eigenvalue weighted by Gasteiger charge is -2.30. The van der Waals surface area contributed by atoms with E-state index >= 15 is 0 Å². The first kappa shape index (κ1) is 21.3. The molecule has 0 fully saturated rings. The zero-order valence-electron chi connectivity index (χ0n) is 18.3. The minimum atomic E-state index is -0.817. The molecule has 2 aromatic rings. The Kier molecular flexibility index (Phi) is 6.20. The topological polar surface area (TPSA) is 101 Å². The molecule has 7 nitrogen and oxygen atoms in total. The van der Waals surface area contributed by atoms with Gasteiger partial charge in [-0.2, -0.15) is 4.98 Å². The van der Waals surface area contributed by atoms with Crippen molar-refractivity contribution in [2.75, 3.05) is 11.9 Å². The summed E-state index contributed by atoms with van der Waals surface area (Å²) in [6.45, 7) is 5.00. The van der Waals surface area contributed by atoms with Gasteiger partial charge in [-0.15, -0.1) is 0 Å². The van der Waals surface area contributed by atoms with Gasteiger partial charge in [-0.25, -0.2) is 4.98 Å². The monoisotopic (exact) mass is 422 g/mol. The molecule has 3 heterocycles. The van der Waals surface area contributed by atoms with Crippen LogP contribution in [0.4, 0.5) is 5.82 Å². The summed E-state index contributed by atoms with van der Waals surface area (Å²) < 4.78 is 5.52. The van der Waals surface area contributed by atoms with E-state index in [4.69, 9.17) is 9.51 Å². The quantitative estimate of drug-likeness (QED) is 0.657. The third-order valence-corrected chi connectivity index (χ3v) is 6.31. The van der Waals surface area contributed by atoms with Gasteiger partial charge in [0.2, 0.25) is 5.89 Å². The van der Waals surface area contributed by atoms with Crippen molar-refractivity contribution in [3.05, 3.63) is 58.4 Å². The SMILES string of the molecule is Cc1nc2c(cc1CCc1noc(CC(C)(CC(=O)O)C3=CC=CCC3)n1)CCCN2. The average molecular weight is 423 g/mol. The van der Waals surface area contributed by atoms with E-state index in [-0.39, 0.29) is 6.42 Å². The predicted octanol–water partition coefficient (Wildman–Crippen LogP) is 4.22. The van der Waals surface area contributed by atoms with Crippen LogP contribution in [0.15, 0.2) is 34.4 Å². The molecule has 7 heteroatoms. The number of nitrogens with one attached hydrogen (secondary N) is 1. The first-order valence-corrected chi connectivity index (χ1v) is 11.1. The molecule has 1 unspecified atom stereocenters. The summed E-state index contributed by atoms with van der Waals surface area (Å²) in [6, 6.07) is 2.25. The Morgan fingerprint density at radius 2 is 2.16 bits per heavy atom. The van der Waals surface area contributed by atoms with Gasteiger partial charge in [0, 0.05) is 30.5 Å². The van der Waals surface area contributed by atoms with E-state index in [1.54, 1.807) is 0 Å². The first-order valence-electron chi connectivity index (χ1n) is 11.1. The van der Waals surface area contributed by atoms with Gasteiger partial charge >= 0.3 is 5.97 Å². The summed E-state index contributed by atoms with van der Waals surface area (Å²) in [7, 11) is 0. The second-order valence-electron chi connectivity index (χ2n) is 8.84. The number of carbonyl (C=O) groups is 1. The van der Waals surface area contributed by atoms with Crippen molar-refractivity contribution < 1.29 is 14.4 Å². The van der Waals surface area contributed by atoms with Crippen molar-refractivity contribution >= 4 is 11.8 Å². The molecule has 0 amide bonds. The smallest absolute Gasteiger partial charge is 0.304 e. The third kappa shape index (κ3) is 5.03. The van der Waals surface area contributed by atoms with E-state index < -0.39 is 11.4 Å². The standard InChI is InChI=1S/C24H30N4O3/c1-16-17(13-18-7-6-12-25-23(18)26-16)10-11-20-27-21(31-28-20)14-24(2,15-22(29)30)19-8-4-3-5-9-19/h3-4,8,13H,5-7,9-12,14-15H2,1-2H3,(H,25,26)(H,29,30). The Morgan fingerprint density at radius 3 is 2.94 bits per heavy atom. The van der Waals surface area contributed by atoms with Gasteiger partial charge in [0.05, 0.1) is 6.42 Å². The highest BCUT2D eigenvalue weighted by Gasteiger charge is 2.34. The van der Waals surface area contributed by atoms with Crippen molar-refractivity contribution in [2.45, 2.75) is 65.2 Å². The van der Waals surface area contributed by atoms with Gasteiger partial charge in [0.15, 0.2) is 5.82 Å². The van der Waals surface area contributed by atoms with Crippen LogP contribution in [0.25, 0.3) is 0 Å². The molecular weight excluding hydrogens is 392 g/mol. The molecule has 2 aliphatic rings. The molecule has 0 bridgehead atoms. The summed E-state index contributed by atoms with van der Waals surface area (Å²) >= 11 is 0. The van der Waals surface area contributed by atoms with Gasteiger partial charge < -0.3 is 14.9 Å². The average Bonchev–Trinajstić information content (AvgIpc) is 3.19. The lowest BCUT2D eigenvalue weighted by atomic mass is 9.73. The molecule has 0 radical (unpaired) electrons. The lowest BCUT2D eigenvalue weighted by Crippen LogP contribution is -2.27. The van der Waals surface area contributed by atoms with E-state index in [1.807, 2.05) is 26.0 Å². The molecule has 1 atom stereocenters. The number of aliphatic carboxylic acids is 1. The maximum absolute atomic E-state index is 11.5. The number of hydrogen-bond donors (Lipinski definition) is 2. The van der Waals surface area contributed by atoms with Gasteiger partial charge in [-0.1, -0.05) is 41.9 Å². The normalized spacial score (nSPS) is 17.4. The molecule has 0 saturated heterocycles. The molecule has 164 valence electrons.